The first-order valence-electron chi connectivity index (χ1n) is 12.1. The lowest BCUT2D eigenvalue weighted by atomic mass is 9.97. The Labute approximate surface area is 209 Å². The number of hydrogen-bond donors (Lipinski definition) is 0. The van der Waals surface area contributed by atoms with E-state index in [0.29, 0.717) is 22.9 Å². The van der Waals surface area contributed by atoms with Gasteiger partial charge in [-0.25, -0.2) is 13.2 Å². The number of allylic oxidation sites excluding steroid dienone is 2. The summed E-state index contributed by atoms with van der Waals surface area (Å²) in [6.45, 7) is 2.02. The molecule has 182 valence electrons. The SMILES string of the molecule is C/C=C/CCc1ccc(CCc2ccc3c(F)c(CCc4cc(F)c(C#N)c(F)c4)ccc3c2)nc1. The van der Waals surface area contributed by atoms with Gasteiger partial charge in [0.15, 0.2) is 0 Å². The van der Waals surface area contributed by atoms with E-state index in [1.807, 2.05) is 31.3 Å². The summed E-state index contributed by atoms with van der Waals surface area (Å²) < 4.78 is 42.9. The zero-order valence-corrected chi connectivity index (χ0v) is 20.2. The Morgan fingerprint density at radius 2 is 1.56 bits per heavy atom. The van der Waals surface area contributed by atoms with Crippen LogP contribution >= 0.6 is 0 Å². The molecule has 3 aromatic carbocycles. The summed E-state index contributed by atoms with van der Waals surface area (Å²) in [4.78, 5) is 4.58. The summed E-state index contributed by atoms with van der Waals surface area (Å²) in [6, 6.07) is 17.3. The first-order chi connectivity index (χ1) is 17.5. The Hall–Kier alpha value is -3.91. The van der Waals surface area contributed by atoms with Crippen LogP contribution in [0.1, 0.15) is 46.9 Å². The number of pyridine rings is 1. The average Bonchev–Trinajstić information content (AvgIpc) is 2.88. The molecular weight excluding hydrogens is 457 g/mol. The molecule has 0 unspecified atom stereocenters. The molecule has 0 aliphatic heterocycles. The minimum Gasteiger partial charge on any atom is -0.261 e. The fraction of sp³-hybridized carbons (Fsp3) is 0.226. The van der Waals surface area contributed by atoms with Gasteiger partial charge >= 0.3 is 0 Å². The number of nitrogens with zero attached hydrogens (tertiary/aromatic N) is 2. The Balaban J connectivity index is 1.41. The first-order valence-corrected chi connectivity index (χ1v) is 12.1. The van der Waals surface area contributed by atoms with Gasteiger partial charge in [0, 0.05) is 17.3 Å². The van der Waals surface area contributed by atoms with E-state index in [1.54, 1.807) is 12.1 Å². The topological polar surface area (TPSA) is 36.7 Å². The van der Waals surface area contributed by atoms with Crippen LogP contribution in [0.4, 0.5) is 13.2 Å². The van der Waals surface area contributed by atoms with Crippen molar-refractivity contribution in [2.24, 2.45) is 0 Å². The maximum atomic E-state index is 15.2. The van der Waals surface area contributed by atoms with E-state index in [0.717, 1.165) is 54.5 Å². The third-order valence-corrected chi connectivity index (χ3v) is 6.39. The lowest BCUT2D eigenvalue weighted by molar-refractivity contribution is 0.572. The summed E-state index contributed by atoms with van der Waals surface area (Å²) in [5.41, 5.74) is 3.64. The van der Waals surface area contributed by atoms with Gasteiger partial charge in [-0.2, -0.15) is 5.26 Å². The molecule has 0 saturated carbocycles. The number of fused-ring (bicyclic) bond motifs is 1. The summed E-state index contributed by atoms with van der Waals surface area (Å²) in [5, 5.41) is 10.1. The normalized spacial score (nSPS) is 11.3. The van der Waals surface area contributed by atoms with Gasteiger partial charge in [-0.3, -0.25) is 4.98 Å². The Morgan fingerprint density at radius 1 is 0.806 bits per heavy atom. The Kier molecular flexibility index (Phi) is 8.17. The molecule has 0 atom stereocenters. The molecule has 0 radical (unpaired) electrons. The molecule has 1 heterocycles. The van der Waals surface area contributed by atoms with Crippen LogP contribution in [0.25, 0.3) is 10.8 Å². The second-order valence-electron chi connectivity index (χ2n) is 8.91. The average molecular weight is 485 g/mol. The molecule has 0 amide bonds. The van der Waals surface area contributed by atoms with Crippen LogP contribution in [0.15, 0.2) is 72.9 Å². The van der Waals surface area contributed by atoms with Crippen LogP contribution in [0.2, 0.25) is 0 Å². The van der Waals surface area contributed by atoms with E-state index in [2.05, 4.69) is 29.3 Å². The highest BCUT2D eigenvalue weighted by atomic mass is 19.1. The van der Waals surface area contributed by atoms with Gasteiger partial charge < -0.3 is 0 Å². The minimum absolute atomic E-state index is 0.265. The van der Waals surface area contributed by atoms with Crippen molar-refractivity contribution < 1.29 is 13.2 Å². The van der Waals surface area contributed by atoms with E-state index < -0.39 is 17.2 Å². The van der Waals surface area contributed by atoms with Crippen LogP contribution in [0.3, 0.4) is 0 Å². The zero-order chi connectivity index (χ0) is 25.5. The maximum Gasteiger partial charge on any atom is 0.144 e. The van der Waals surface area contributed by atoms with Crippen molar-refractivity contribution in [1.82, 2.24) is 4.98 Å². The monoisotopic (exact) mass is 484 g/mol. The summed E-state index contributed by atoms with van der Waals surface area (Å²) in [6.07, 6.45) is 10.3. The number of hydrogen-bond acceptors (Lipinski definition) is 2. The molecule has 4 rings (SSSR count). The van der Waals surface area contributed by atoms with Gasteiger partial charge in [0.2, 0.25) is 0 Å². The molecule has 0 aliphatic rings. The number of nitriles is 1. The molecule has 0 aliphatic carbocycles. The Morgan fingerprint density at radius 3 is 2.25 bits per heavy atom. The minimum atomic E-state index is -0.894. The lowest BCUT2D eigenvalue weighted by Gasteiger charge is -2.10. The largest absolute Gasteiger partial charge is 0.261 e. The number of halogens is 3. The van der Waals surface area contributed by atoms with Gasteiger partial charge in [-0.15, -0.1) is 0 Å². The molecule has 5 heteroatoms. The first kappa shape index (κ1) is 25.2. The van der Waals surface area contributed by atoms with E-state index >= 15 is 4.39 Å². The van der Waals surface area contributed by atoms with Gasteiger partial charge in [-0.05, 0) is 91.3 Å². The third kappa shape index (κ3) is 6.01. The smallest absolute Gasteiger partial charge is 0.144 e. The van der Waals surface area contributed by atoms with Crippen molar-refractivity contribution in [1.29, 1.82) is 5.26 Å². The molecule has 4 aromatic rings. The second kappa shape index (κ2) is 11.7. The number of rotatable bonds is 9. The van der Waals surface area contributed by atoms with Crippen molar-refractivity contribution in [3.8, 4) is 6.07 Å². The molecule has 1 aromatic heterocycles. The van der Waals surface area contributed by atoms with Crippen LogP contribution in [-0.2, 0) is 32.1 Å². The summed E-state index contributed by atoms with van der Waals surface area (Å²) in [7, 11) is 0. The maximum absolute atomic E-state index is 15.2. The molecule has 0 fully saturated rings. The zero-order valence-electron chi connectivity index (χ0n) is 20.2. The van der Waals surface area contributed by atoms with Gasteiger partial charge in [0.25, 0.3) is 0 Å². The van der Waals surface area contributed by atoms with Crippen LogP contribution in [-0.4, -0.2) is 4.98 Å². The fourth-order valence-electron chi connectivity index (χ4n) is 4.33. The number of aryl methyl sites for hydroxylation is 5. The van der Waals surface area contributed by atoms with Crippen LogP contribution < -0.4 is 0 Å². The quantitative estimate of drug-likeness (QED) is 0.229. The third-order valence-electron chi connectivity index (χ3n) is 6.39. The van der Waals surface area contributed by atoms with Gasteiger partial charge in [0.05, 0.1) is 0 Å². The molecule has 0 N–H and O–H groups in total. The highest BCUT2D eigenvalue weighted by Crippen LogP contribution is 2.25. The predicted octanol–water partition coefficient (Wildman–Crippen LogP) is 7.60. The molecule has 0 saturated heterocycles. The van der Waals surface area contributed by atoms with Crippen LogP contribution in [0, 0.1) is 28.8 Å². The van der Waals surface area contributed by atoms with Crippen molar-refractivity contribution in [2.45, 2.75) is 45.4 Å². The van der Waals surface area contributed by atoms with Crippen molar-refractivity contribution in [2.75, 3.05) is 0 Å². The fourth-order valence-corrected chi connectivity index (χ4v) is 4.33. The van der Waals surface area contributed by atoms with Crippen molar-refractivity contribution >= 4 is 10.8 Å². The van der Waals surface area contributed by atoms with Crippen molar-refractivity contribution in [3.63, 3.8) is 0 Å². The van der Waals surface area contributed by atoms with E-state index in [1.165, 1.54) is 11.6 Å². The van der Waals surface area contributed by atoms with E-state index in [9.17, 15) is 8.78 Å². The predicted molar refractivity (Wildman–Crippen MR) is 137 cm³/mol. The summed E-state index contributed by atoms with van der Waals surface area (Å²) >= 11 is 0. The molecule has 2 nitrogen and oxygen atoms in total. The molecule has 0 bridgehead atoms. The standard InChI is InChI=1S/C31H27F3N2/c1-2-3-4-5-22-8-14-26(36-20-22)13-7-21-9-15-27-25(16-21)12-11-24(31(27)34)10-6-23-17-29(32)28(19-35)30(33)18-23/h2-3,8-9,11-12,14-18,20H,4-7,10,13H2,1H3/b3-2+. The van der Waals surface area contributed by atoms with E-state index in [-0.39, 0.29) is 12.2 Å². The summed E-state index contributed by atoms with van der Waals surface area (Å²) in [5.74, 6) is -2.10. The highest BCUT2D eigenvalue weighted by Gasteiger charge is 2.13. The Bertz CT molecular complexity index is 1410. The number of aromatic nitrogens is 1. The molecular formula is C31H27F3N2. The van der Waals surface area contributed by atoms with Gasteiger partial charge in [0.1, 0.15) is 29.1 Å². The van der Waals surface area contributed by atoms with Gasteiger partial charge in [-0.1, -0.05) is 48.6 Å². The lowest BCUT2D eigenvalue weighted by Crippen LogP contribution is -2.00. The molecule has 36 heavy (non-hydrogen) atoms. The highest BCUT2D eigenvalue weighted by molar-refractivity contribution is 5.84. The molecule has 0 spiro atoms. The van der Waals surface area contributed by atoms with Crippen LogP contribution in [0.5, 0.6) is 0 Å². The van der Waals surface area contributed by atoms with E-state index in [4.69, 9.17) is 5.26 Å². The van der Waals surface area contributed by atoms with Crippen molar-refractivity contribution in [3.05, 3.63) is 124 Å². The second-order valence-corrected chi connectivity index (χ2v) is 8.91. The number of benzene rings is 3.